The van der Waals surface area contributed by atoms with Gasteiger partial charge in [-0.1, -0.05) is 48.9 Å². The molecule has 0 atom stereocenters. The molecular weight excluding hydrogens is 336 g/mol. The van der Waals surface area contributed by atoms with E-state index in [-0.39, 0.29) is 0 Å². The van der Waals surface area contributed by atoms with E-state index in [1.807, 2.05) is 43.5 Å². The van der Waals surface area contributed by atoms with E-state index in [0.29, 0.717) is 5.82 Å². The van der Waals surface area contributed by atoms with Crippen molar-refractivity contribution in [2.75, 3.05) is 12.5 Å². The highest BCUT2D eigenvalue weighted by molar-refractivity contribution is 5.69. The molecule has 0 radical (unpaired) electrons. The second-order valence-corrected chi connectivity index (χ2v) is 6.22. The molecule has 0 aliphatic heterocycles. The topological polar surface area (TPSA) is 59.4 Å². The summed E-state index contributed by atoms with van der Waals surface area (Å²) >= 11 is 0. The first-order valence-electron chi connectivity index (χ1n) is 9.04. The fourth-order valence-electron chi connectivity index (χ4n) is 2.69. The van der Waals surface area contributed by atoms with Crippen LogP contribution in [0.2, 0.25) is 0 Å². The van der Waals surface area contributed by atoms with Crippen molar-refractivity contribution in [1.82, 2.24) is 9.97 Å². The second kappa shape index (κ2) is 8.94. The Morgan fingerprint density at radius 1 is 1.07 bits per heavy atom. The molecule has 0 aliphatic carbocycles. The van der Waals surface area contributed by atoms with Crippen molar-refractivity contribution >= 4 is 12.0 Å². The normalized spacial score (nSPS) is 10.9. The molecule has 0 fully saturated rings. The molecule has 3 aromatic rings. The van der Waals surface area contributed by atoms with E-state index in [1.165, 1.54) is 11.1 Å². The summed E-state index contributed by atoms with van der Waals surface area (Å²) in [4.78, 5) is 9.14. The summed E-state index contributed by atoms with van der Waals surface area (Å²) in [5.74, 6) is 2.21. The molecule has 0 aliphatic rings. The number of methoxy groups -OCH3 is 1. The van der Waals surface area contributed by atoms with E-state index in [2.05, 4.69) is 51.7 Å². The van der Waals surface area contributed by atoms with Gasteiger partial charge in [-0.3, -0.25) is 5.43 Å². The number of hydrogen-bond acceptors (Lipinski definition) is 5. The highest BCUT2D eigenvalue weighted by Crippen LogP contribution is 2.29. The van der Waals surface area contributed by atoms with Gasteiger partial charge in [-0.2, -0.15) is 5.10 Å². The third kappa shape index (κ3) is 4.91. The van der Waals surface area contributed by atoms with Crippen LogP contribution in [-0.4, -0.2) is 23.3 Å². The average Bonchev–Trinajstić information content (AvgIpc) is 2.72. The van der Waals surface area contributed by atoms with E-state index in [4.69, 9.17) is 4.74 Å². The molecule has 1 aromatic heterocycles. The lowest BCUT2D eigenvalue weighted by Crippen LogP contribution is -2.02. The minimum atomic E-state index is 0.669. The number of nitrogens with one attached hydrogen (secondary N) is 1. The van der Waals surface area contributed by atoms with Gasteiger partial charge in [0.25, 0.3) is 0 Å². The van der Waals surface area contributed by atoms with Crippen LogP contribution in [0.25, 0.3) is 11.3 Å². The first-order valence-corrected chi connectivity index (χ1v) is 9.04. The minimum absolute atomic E-state index is 0.669. The monoisotopic (exact) mass is 360 g/mol. The number of benzene rings is 2. The van der Waals surface area contributed by atoms with Crippen molar-refractivity contribution in [3.63, 3.8) is 0 Å². The Hall–Kier alpha value is -3.21. The van der Waals surface area contributed by atoms with Crippen LogP contribution in [0.15, 0.2) is 59.7 Å². The number of ether oxygens (including phenoxy) is 1. The molecule has 3 rings (SSSR count). The number of anilines is 1. The zero-order chi connectivity index (χ0) is 19.1. The molecule has 0 saturated heterocycles. The van der Waals surface area contributed by atoms with Crippen LogP contribution in [0, 0.1) is 6.92 Å². The standard InChI is InChI=1S/C22H24N4O/c1-4-21-24-19(18-7-5-6-8-20(18)27-3)15-22(25-21)26-23-14-13-17-11-9-16(2)10-12-17/h5-12,14-15H,4,13H2,1-3H3,(H,24,25,26). The number of nitrogens with zero attached hydrogens (tertiary/aromatic N) is 3. The average molecular weight is 360 g/mol. The van der Waals surface area contributed by atoms with Gasteiger partial charge in [0.05, 0.1) is 12.8 Å². The van der Waals surface area contributed by atoms with Crippen LogP contribution in [0.5, 0.6) is 5.75 Å². The fourth-order valence-corrected chi connectivity index (χ4v) is 2.69. The van der Waals surface area contributed by atoms with Crippen LogP contribution in [0.3, 0.4) is 0 Å². The van der Waals surface area contributed by atoms with Gasteiger partial charge in [-0.15, -0.1) is 0 Å². The number of aromatic nitrogens is 2. The molecular formula is C22H24N4O. The number of aryl methyl sites for hydroxylation is 2. The maximum Gasteiger partial charge on any atom is 0.150 e. The number of rotatable bonds is 7. The SMILES string of the molecule is CCc1nc(NN=CCc2ccc(C)cc2)cc(-c2ccccc2OC)n1. The first kappa shape index (κ1) is 18.6. The molecule has 1 N–H and O–H groups in total. The predicted molar refractivity (Wildman–Crippen MR) is 110 cm³/mol. The Morgan fingerprint density at radius 2 is 1.85 bits per heavy atom. The van der Waals surface area contributed by atoms with Crippen molar-refractivity contribution in [3.05, 3.63) is 71.5 Å². The summed E-state index contributed by atoms with van der Waals surface area (Å²) in [5.41, 5.74) is 7.25. The van der Waals surface area contributed by atoms with Gasteiger partial charge in [0, 0.05) is 30.7 Å². The van der Waals surface area contributed by atoms with E-state index >= 15 is 0 Å². The zero-order valence-electron chi connectivity index (χ0n) is 15.9. The lowest BCUT2D eigenvalue weighted by atomic mass is 10.1. The summed E-state index contributed by atoms with van der Waals surface area (Å²) in [6, 6.07) is 18.2. The van der Waals surface area contributed by atoms with Crippen LogP contribution in [-0.2, 0) is 12.8 Å². The van der Waals surface area contributed by atoms with E-state index < -0.39 is 0 Å². The quantitative estimate of drug-likeness (QED) is 0.492. The van der Waals surface area contributed by atoms with E-state index in [9.17, 15) is 0 Å². The summed E-state index contributed by atoms with van der Waals surface area (Å²) in [6.45, 7) is 4.12. The van der Waals surface area contributed by atoms with Crippen LogP contribution >= 0.6 is 0 Å². The zero-order valence-corrected chi connectivity index (χ0v) is 15.9. The largest absolute Gasteiger partial charge is 0.496 e. The Bertz CT molecular complexity index is 920. The first-order chi connectivity index (χ1) is 13.2. The molecule has 138 valence electrons. The molecule has 1 heterocycles. The molecule has 0 amide bonds. The lowest BCUT2D eigenvalue weighted by Gasteiger charge is -2.10. The maximum atomic E-state index is 5.46. The van der Waals surface area contributed by atoms with Crippen LogP contribution in [0.4, 0.5) is 5.82 Å². The number of hydrogen-bond donors (Lipinski definition) is 1. The van der Waals surface area contributed by atoms with Crippen LogP contribution in [0.1, 0.15) is 23.9 Å². The molecule has 0 spiro atoms. The molecule has 0 unspecified atom stereocenters. The molecule has 2 aromatic carbocycles. The minimum Gasteiger partial charge on any atom is -0.496 e. The van der Waals surface area contributed by atoms with Crippen LogP contribution < -0.4 is 10.2 Å². The van der Waals surface area contributed by atoms with Gasteiger partial charge in [-0.05, 0) is 24.6 Å². The van der Waals surface area contributed by atoms with Gasteiger partial charge in [0.15, 0.2) is 0 Å². The van der Waals surface area contributed by atoms with Crippen molar-refractivity contribution < 1.29 is 4.74 Å². The van der Waals surface area contributed by atoms with Gasteiger partial charge in [0.1, 0.15) is 17.4 Å². The third-order valence-corrected chi connectivity index (χ3v) is 4.19. The number of para-hydroxylation sites is 1. The van der Waals surface area contributed by atoms with Gasteiger partial charge < -0.3 is 4.74 Å². The predicted octanol–water partition coefficient (Wildman–Crippen LogP) is 4.66. The Morgan fingerprint density at radius 3 is 2.59 bits per heavy atom. The highest BCUT2D eigenvalue weighted by atomic mass is 16.5. The van der Waals surface area contributed by atoms with E-state index in [0.717, 1.165) is 35.7 Å². The summed E-state index contributed by atoms with van der Waals surface area (Å²) in [5, 5.41) is 4.32. The van der Waals surface area contributed by atoms with Crippen molar-refractivity contribution in [3.8, 4) is 17.0 Å². The Balaban J connectivity index is 1.77. The van der Waals surface area contributed by atoms with E-state index in [1.54, 1.807) is 7.11 Å². The molecule has 0 saturated carbocycles. The second-order valence-electron chi connectivity index (χ2n) is 6.22. The molecule has 5 nitrogen and oxygen atoms in total. The van der Waals surface area contributed by atoms with Crippen molar-refractivity contribution in [1.29, 1.82) is 0 Å². The van der Waals surface area contributed by atoms with Gasteiger partial charge in [-0.25, -0.2) is 9.97 Å². The molecule has 5 heteroatoms. The number of hydrazone groups is 1. The summed E-state index contributed by atoms with van der Waals surface area (Å²) in [7, 11) is 1.66. The maximum absolute atomic E-state index is 5.46. The summed E-state index contributed by atoms with van der Waals surface area (Å²) in [6.07, 6.45) is 3.35. The Kier molecular flexibility index (Phi) is 6.15. The molecule has 27 heavy (non-hydrogen) atoms. The Labute approximate surface area is 160 Å². The van der Waals surface area contributed by atoms with Gasteiger partial charge >= 0.3 is 0 Å². The van der Waals surface area contributed by atoms with Gasteiger partial charge in [0.2, 0.25) is 0 Å². The van der Waals surface area contributed by atoms with Crippen molar-refractivity contribution in [2.24, 2.45) is 5.10 Å². The third-order valence-electron chi connectivity index (χ3n) is 4.19. The van der Waals surface area contributed by atoms with Crippen molar-refractivity contribution in [2.45, 2.75) is 26.7 Å². The smallest absolute Gasteiger partial charge is 0.150 e. The summed E-state index contributed by atoms with van der Waals surface area (Å²) < 4.78 is 5.46. The molecule has 0 bridgehead atoms. The highest BCUT2D eigenvalue weighted by Gasteiger charge is 2.10. The fraction of sp³-hybridized carbons (Fsp3) is 0.227. The lowest BCUT2D eigenvalue weighted by molar-refractivity contribution is 0.416.